The van der Waals surface area contributed by atoms with Crippen molar-refractivity contribution < 1.29 is 4.79 Å². The highest BCUT2D eigenvalue weighted by Gasteiger charge is 2.32. The van der Waals surface area contributed by atoms with Gasteiger partial charge in [0.25, 0.3) is 0 Å². The third-order valence-electron chi connectivity index (χ3n) is 4.72. The van der Waals surface area contributed by atoms with Crippen molar-refractivity contribution in [2.75, 3.05) is 0 Å². The second-order valence-corrected chi connectivity index (χ2v) is 6.80. The summed E-state index contributed by atoms with van der Waals surface area (Å²) in [5.74, 6) is -1.11. The lowest BCUT2D eigenvalue weighted by molar-refractivity contribution is 0.0975. The fourth-order valence-electron chi connectivity index (χ4n) is 3.32. The summed E-state index contributed by atoms with van der Waals surface area (Å²) in [5, 5.41) is 14.4. The summed E-state index contributed by atoms with van der Waals surface area (Å²) in [5.41, 5.74) is 3.04. The van der Waals surface area contributed by atoms with Crippen molar-refractivity contribution in [3.05, 3.63) is 76.8 Å². The molecule has 0 N–H and O–H groups in total. The van der Waals surface area contributed by atoms with Crippen LogP contribution in [0.4, 0.5) is 0 Å². The van der Waals surface area contributed by atoms with Gasteiger partial charge in [-0.1, -0.05) is 41.9 Å². The maximum Gasteiger partial charge on any atom is 0.192 e. The van der Waals surface area contributed by atoms with Gasteiger partial charge in [-0.25, -0.2) is 9.67 Å². The van der Waals surface area contributed by atoms with Gasteiger partial charge in [-0.2, -0.15) is 10.4 Å². The number of benzene rings is 2. The van der Waals surface area contributed by atoms with Gasteiger partial charge in [-0.3, -0.25) is 4.79 Å². The molecule has 6 nitrogen and oxygen atoms in total. The van der Waals surface area contributed by atoms with Gasteiger partial charge in [0.15, 0.2) is 11.7 Å². The molecule has 0 aliphatic rings. The van der Waals surface area contributed by atoms with E-state index in [1.165, 1.54) is 4.68 Å². The number of hydrogen-bond donors (Lipinski definition) is 0. The van der Waals surface area contributed by atoms with Gasteiger partial charge in [-0.05, 0) is 31.2 Å². The predicted molar refractivity (Wildman–Crippen MR) is 107 cm³/mol. The van der Waals surface area contributed by atoms with E-state index in [-0.39, 0.29) is 10.7 Å². The molecule has 0 spiro atoms. The van der Waals surface area contributed by atoms with Crippen LogP contribution in [-0.2, 0) is 7.05 Å². The molecule has 4 rings (SSSR count). The largest absolute Gasteiger partial charge is 0.330 e. The molecule has 0 fully saturated rings. The number of aryl methyl sites for hydroxylation is 2. The molecule has 1 atom stereocenters. The number of halogens is 1. The summed E-state index contributed by atoms with van der Waals surface area (Å²) < 4.78 is 3.28. The first-order chi connectivity index (χ1) is 13.5. The minimum absolute atomic E-state index is 0.188. The minimum Gasteiger partial charge on any atom is -0.330 e. The third-order valence-corrected chi connectivity index (χ3v) is 5.07. The summed E-state index contributed by atoms with van der Waals surface area (Å²) >= 11 is 6.51. The average Bonchev–Trinajstić information content (AvgIpc) is 3.20. The number of hydrogen-bond acceptors (Lipinski definition) is 4. The van der Waals surface area contributed by atoms with Crippen LogP contribution in [0.5, 0.6) is 0 Å². The Hall–Kier alpha value is -3.43. The van der Waals surface area contributed by atoms with Crippen molar-refractivity contribution >= 4 is 28.4 Å². The lowest BCUT2D eigenvalue weighted by Gasteiger charge is -2.09. The lowest BCUT2D eigenvalue weighted by Crippen LogP contribution is -2.16. The van der Waals surface area contributed by atoms with E-state index in [0.29, 0.717) is 11.5 Å². The van der Waals surface area contributed by atoms with Crippen molar-refractivity contribution in [1.82, 2.24) is 19.3 Å². The summed E-state index contributed by atoms with van der Waals surface area (Å²) in [4.78, 5) is 17.8. The van der Waals surface area contributed by atoms with Crippen LogP contribution in [0.15, 0.2) is 54.6 Å². The summed E-state index contributed by atoms with van der Waals surface area (Å²) in [6.07, 6.45) is 0. The van der Waals surface area contributed by atoms with Gasteiger partial charge in [-0.15, -0.1) is 0 Å². The summed E-state index contributed by atoms with van der Waals surface area (Å²) in [6.45, 7) is 1.71. The molecule has 0 bridgehead atoms. The smallest absolute Gasteiger partial charge is 0.192 e. The normalized spacial score (nSPS) is 12.1. The molecule has 2 aromatic heterocycles. The van der Waals surface area contributed by atoms with Gasteiger partial charge in [0.1, 0.15) is 11.0 Å². The molecule has 0 unspecified atom stereocenters. The third kappa shape index (κ3) is 2.77. The number of imidazole rings is 1. The predicted octanol–water partition coefficient (Wildman–Crippen LogP) is 4.21. The number of carbonyl (C=O) groups is 1. The Labute approximate surface area is 166 Å². The van der Waals surface area contributed by atoms with Gasteiger partial charge in [0.2, 0.25) is 0 Å². The van der Waals surface area contributed by atoms with Crippen molar-refractivity contribution in [3.8, 4) is 11.8 Å². The first-order valence-electron chi connectivity index (χ1n) is 8.68. The Kier molecular flexibility index (Phi) is 4.46. The van der Waals surface area contributed by atoms with Crippen LogP contribution < -0.4 is 0 Å². The number of rotatable bonds is 4. The molecule has 2 heterocycles. The Morgan fingerprint density at radius 3 is 2.50 bits per heavy atom. The molecular weight excluding hydrogens is 374 g/mol. The van der Waals surface area contributed by atoms with Crippen molar-refractivity contribution in [2.24, 2.45) is 7.05 Å². The van der Waals surface area contributed by atoms with E-state index in [1.54, 1.807) is 18.5 Å². The molecule has 0 saturated heterocycles. The Bertz CT molecular complexity index is 1230. The van der Waals surface area contributed by atoms with E-state index in [9.17, 15) is 10.1 Å². The molecule has 0 radical (unpaired) electrons. The highest BCUT2D eigenvalue weighted by Crippen LogP contribution is 2.30. The van der Waals surface area contributed by atoms with Gasteiger partial charge < -0.3 is 4.57 Å². The minimum atomic E-state index is -1.08. The Balaban J connectivity index is 1.81. The second-order valence-electron chi connectivity index (χ2n) is 6.44. The monoisotopic (exact) mass is 389 g/mol. The number of fused-ring (bicyclic) bond motifs is 1. The van der Waals surface area contributed by atoms with Crippen molar-refractivity contribution in [3.63, 3.8) is 0 Å². The molecule has 0 amide bonds. The molecule has 2 aromatic carbocycles. The fraction of sp³-hybridized carbons (Fsp3) is 0.143. The molecule has 4 aromatic rings. The highest BCUT2D eigenvalue weighted by atomic mass is 35.5. The number of nitriles is 1. The molecular formula is C21H16ClN5O. The van der Waals surface area contributed by atoms with E-state index in [0.717, 1.165) is 16.7 Å². The molecule has 0 aliphatic heterocycles. The number of carbonyl (C=O) groups excluding carboxylic acids is 1. The zero-order valence-electron chi connectivity index (χ0n) is 15.3. The highest BCUT2D eigenvalue weighted by molar-refractivity contribution is 6.33. The van der Waals surface area contributed by atoms with Crippen LogP contribution in [-0.4, -0.2) is 25.1 Å². The molecule has 28 heavy (non-hydrogen) atoms. The van der Waals surface area contributed by atoms with Gasteiger partial charge in [0, 0.05) is 7.05 Å². The van der Waals surface area contributed by atoms with Gasteiger partial charge in [0.05, 0.1) is 34.0 Å². The molecule has 138 valence electrons. The quantitative estimate of drug-likeness (QED) is 0.490. The van der Waals surface area contributed by atoms with E-state index in [2.05, 4.69) is 16.2 Å². The number of para-hydroxylation sites is 3. The topological polar surface area (TPSA) is 76.5 Å². The summed E-state index contributed by atoms with van der Waals surface area (Å²) in [7, 11) is 1.80. The van der Waals surface area contributed by atoms with E-state index in [1.807, 2.05) is 54.6 Å². The van der Waals surface area contributed by atoms with Crippen LogP contribution in [0.1, 0.15) is 27.8 Å². The van der Waals surface area contributed by atoms with E-state index < -0.39 is 11.7 Å². The Morgan fingerprint density at radius 1 is 1.14 bits per heavy atom. The zero-order chi connectivity index (χ0) is 19.8. The van der Waals surface area contributed by atoms with Crippen LogP contribution in [0.3, 0.4) is 0 Å². The van der Waals surface area contributed by atoms with Crippen LogP contribution in [0.2, 0.25) is 5.15 Å². The van der Waals surface area contributed by atoms with E-state index in [4.69, 9.17) is 11.6 Å². The number of Topliss-reactive ketones (excluding diaryl/α,β-unsaturated/α-hetero) is 1. The van der Waals surface area contributed by atoms with Crippen LogP contribution >= 0.6 is 11.6 Å². The molecule has 0 saturated carbocycles. The van der Waals surface area contributed by atoms with Crippen molar-refractivity contribution in [2.45, 2.75) is 12.8 Å². The first kappa shape index (κ1) is 18.0. The second kappa shape index (κ2) is 6.95. The lowest BCUT2D eigenvalue weighted by atomic mass is 9.98. The average molecular weight is 390 g/mol. The SMILES string of the molecule is Cc1nn(-c2ccccc2)c(Cl)c1C(=O)[C@H](C#N)c1nc2ccccc2n1C. The van der Waals surface area contributed by atoms with Crippen LogP contribution in [0.25, 0.3) is 16.7 Å². The standard InChI is InChI=1S/C21H16ClN5O/c1-13-18(20(22)27(25-13)14-8-4-3-5-9-14)19(28)15(12-23)21-24-16-10-6-7-11-17(16)26(21)2/h3-11,15H,1-2H3/t15-/m0/s1. The zero-order valence-corrected chi connectivity index (χ0v) is 16.1. The fourth-order valence-corrected chi connectivity index (χ4v) is 3.68. The van der Waals surface area contributed by atoms with Gasteiger partial charge >= 0.3 is 0 Å². The van der Waals surface area contributed by atoms with E-state index >= 15 is 0 Å². The Morgan fingerprint density at radius 2 is 1.82 bits per heavy atom. The van der Waals surface area contributed by atoms with Crippen LogP contribution in [0, 0.1) is 18.3 Å². The number of ketones is 1. The number of nitrogens with zero attached hydrogens (tertiary/aromatic N) is 5. The maximum atomic E-state index is 13.3. The molecule has 0 aliphatic carbocycles. The molecule has 7 heteroatoms. The van der Waals surface area contributed by atoms with Crippen molar-refractivity contribution in [1.29, 1.82) is 5.26 Å². The maximum absolute atomic E-state index is 13.3. The summed E-state index contributed by atoms with van der Waals surface area (Å²) in [6, 6.07) is 18.9. The number of aromatic nitrogens is 4. The first-order valence-corrected chi connectivity index (χ1v) is 9.06.